The number of Topliss-reactive ketones (excluding diaryl/α,β-unsaturated/α-hetero) is 1. The van der Waals surface area contributed by atoms with Crippen molar-refractivity contribution in [2.45, 2.75) is 57.2 Å². The second kappa shape index (κ2) is 11.2. The SMILES string of the molecule is CC(C)(C)c1ccc(C(=O)NC(Cc2cccc(O)c2)C(=O)N2CCC3C2C(=O)CN3C(=O)c2ccccn2)cc1. The molecule has 3 atom stereocenters. The van der Waals surface area contributed by atoms with Gasteiger partial charge in [-0.25, -0.2) is 0 Å². The van der Waals surface area contributed by atoms with Gasteiger partial charge >= 0.3 is 0 Å². The van der Waals surface area contributed by atoms with Crippen molar-refractivity contribution in [2.75, 3.05) is 13.1 Å². The number of nitrogens with one attached hydrogen (secondary N) is 1. The smallest absolute Gasteiger partial charge is 0.273 e. The first-order chi connectivity index (χ1) is 19.5. The average molecular weight is 555 g/mol. The molecule has 2 fully saturated rings. The normalized spacial score (nSPS) is 19.1. The maximum absolute atomic E-state index is 14.0. The van der Waals surface area contributed by atoms with Crippen LogP contribution in [0.5, 0.6) is 5.75 Å². The lowest BCUT2D eigenvalue weighted by Gasteiger charge is -2.28. The van der Waals surface area contributed by atoms with E-state index in [1.54, 1.807) is 48.5 Å². The number of rotatable bonds is 6. The Balaban J connectivity index is 1.38. The first kappa shape index (κ1) is 28.0. The Bertz CT molecular complexity index is 1470. The minimum absolute atomic E-state index is 0.0497. The number of likely N-dealkylation sites (tertiary alicyclic amines) is 2. The van der Waals surface area contributed by atoms with Crippen molar-refractivity contribution in [3.05, 3.63) is 95.3 Å². The Morgan fingerprint density at radius 3 is 2.44 bits per heavy atom. The molecular weight excluding hydrogens is 520 g/mol. The monoisotopic (exact) mass is 554 g/mol. The van der Waals surface area contributed by atoms with E-state index in [2.05, 4.69) is 31.1 Å². The molecule has 0 radical (unpaired) electrons. The Labute approximate surface area is 239 Å². The quantitative estimate of drug-likeness (QED) is 0.483. The van der Waals surface area contributed by atoms with E-state index in [0.717, 1.165) is 5.56 Å². The Morgan fingerprint density at radius 2 is 1.78 bits per heavy atom. The molecule has 3 aromatic rings. The second-order valence-corrected chi connectivity index (χ2v) is 11.7. The predicted octanol–water partition coefficient (Wildman–Crippen LogP) is 3.12. The highest BCUT2D eigenvalue weighted by Crippen LogP contribution is 2.31. The Morgan fingerprint density at radius 1 is 1.02 bits per heavy atom. The van der Waals surface area contributed by atoms with Crippen LogP contribution >= 0.6 is 0 Å². The number of carbonyl (C=O) groups excluding carboxylic acids is 4. The molecule has 212 valence electrons. The molecule has 9 nitrogen and oxygen atoms in total. The first-order valence-corrected chi connectivity index (χ1v) is 13.8. The lowest BCUT2D eigenvalue weighted by atomic mass is 9.86. The highest BCUT2D eigenvalue weighted by molar-refractivity contribution is 6.03. The number of hydrogen-bond donors (Lipinski definition) is 2. The van der Waals surface area contributed by atoms with Crippen molar-refractivity contribution in [3.63, 3.8) is 0 Å². The van der Waals surface area contributed by atoms with E-state index < -0.39 is 29.9 Å². The molecular formula is C32H34N4O5. The van der Waals surface area contributed by atoms with Gasteiger partial charge in [-0.05, 0) is 59.4 Å². The lowest BCUT2D eigenvalue weighted by molar-refractivity contribution is -0.138. The third-order valence-corrected chi connectivity index (χ3v) is 7.82. The number of pyridine rings is 1. The zero-order chi connectivity index (χ0) is 29.3. The molecule has 3 amide bonds. The van der Waals surface area contributed by atoms with Crippen molar-refractivity contribution < 1.29 is 24.3 Å². The van der Waals surface area contributed by atoms with Gasteiger partial charge in [0.05, 0.1) is 12.6 Å². The van der Waals surface area contributed by atoms with E-state index in [1.807, 2.05) is 12.1 Å². The molecule has 2 aromatic carbocycles. The number of phenolic OH excluding ortho intramolecular Hbond substituents is 1. The Hall–Kier alpha value is -4.53. The van der Waals surface area contributed by atoms with Crippen LogP contribution in [0.1, 0.15) is 59.2 Å². The average Bonchev–Trinajstić information content (AvgIpc) is 3.53. The molecule has 0 saturated carbocycles. The minimum atomic E-state index is -0.987. The Kier molecular flexibility index (Phi) is 7.62. The number of fused-ring (bicyclic) bond motifs is 1. The molecule has 2 aliphatic rings. The van der Waals surface area contributed by atoms with Gasteiger partial charge in [0.15, 0.2) is 5.78 Å². The molecule has 9 heteroatoms. The first-order valence-electron chi connectivity index (χ1n) is 13.8. The van der Waals surface area contributed by atoms with E-state index >= 15 is 0 Å². The largest absolute Gasteiger partial charge is 0.508 e. The highest BCUT2D eigenvalue weighted by Gasteiger charge is 2.52. The number of carbonyl (C=O) groups is 4. The maximum Gasteiger partial charge on any atom is 0.273 e. The number of nitrogens with zero attached hydrogens (tertiary/aromatic N) is 3. The van der Waals surface area contributed by atoms with Crippen LogP contribution in [0.2, 0.25) is 0 Å². The van der Waals surface area contributed by atoms with Crippen LogP contribution in [-0.4, -0.2) is 74.6 Å². The lowest BCUT2D eigenvalue weighted by Crippen LogP contribution is -2.53. The summed E-state index contributed by atoms with van der Waals surface area (Å²) in [4.78, 5) is 60.8. The van der Waals surface area contributed by atoms with E-state index in [0.29, 0.717) is 17.5 Å². The van der Waals surface area contributed by atoms with E-state index in [4.69, 9.17) is 0 Å². The van der Waals surface area contributed by atoms with E-state index in [-0.39, 0.29) is 48.1 Å². The minimum Gasteiger partial charge on any atom is -0.508 e. The number of aromatic nitrogens is 1. The topological polar surface area (TPSA) is 120 Å². The van der Waals surface area contributed by atoms with Gasteiger partial charge in [0.2, 0.25) is 5.91 Å². The molecule has 2 saturated heterocycles. The van der Waals surface area contributed by atoms with Gasteiger partial charge in [-0.15, -0.1) is 0 Å². The summed E-state index contributed by atoms with van der Waals surface area (Å²) < 4.78 is 0. The van der Waals surface area contributed by atoms with Crippen molar-refractivity contribution in [3.8, 4) is 5.75 Å². The fourth-order valence-electron chi connectivity index (χ4n) is 5.66. The molecule has 5 rings (SSSR count). The van der Waals surface area contributed by atoms with Crippen LogP contribution in [0.3, 0.4) is 0 Å². The van der Waals surface area contributed by atoms with Crippen molar-refractivity contribution >= 4 is 23.5 Å². The van der Waals surface area contributed by atoms with Crippen molar-refractivity contribution in [2.24, 2.45) is 0 Å². The molecule has 2 N–H and O–H groups in total. The van der Waals surface area contributed by atoms with Gasteiger partial charge in [0.1, 0.15) is 23.5 Å². The van der Waals surface area contributed by atoms with Gasteiger partial charge in [0, 0.05) is 24.7 Å². The summed E-state index contributed by atoms with van der Waals surface area (Å²) in [5.74, 6) is -1.33. The molecule has 0 aliphatic carbocycles. The molecule has 1 aromatic heterocycles. The number of hydrogen-bond acceptors (Lipinski definition) is 6. The van der Waals surface area contributed by atoms with Crippen molar-refractivity contribution in [1.82, 2.24) is 20.1 Å². The summed E-state index contributed by atoms with van der Waals surface area (Å²) in [7, 11) is 0. The van der Waals surface area contributed by atoms with Gasteiger partial charge in [0.25, 0.3) is 11.8 Å². The van der Waals surface area contributed by atoms with Gasteiger partial charge in [-0.1, -0.05) is 51.1 Å². The van der Waals surface area contributed by atoms with Gasteiger partial charge < -0.3 is 20.2 Å². The molecule has 3 unspecified atom stereocenters. The third kappa shape index (κ3) is 5.84. The predicted molar refractivity (Wildman–Crippen MR) is 152 cm³/mol. The number of phenols is 1. The molecule has 0 bridgehead atoms. The van der Waals surface area contributed by atoms with Crippen LogP contribution in [0.15, 0.2) is 72.9 Å². The summed E-state index contributed by atoms with van der Waals surface area (Å²) in [5.41, 5.74) is 2.32. The maximum atomic E-state index is 14.0. The molecule has 0 spiro atoms. The van der Waals surface area contributed by atoms with E-state index in [1.165, 1.54) is 22.1 Å². The summed E-state index contributed by atoms with van der Waals surface area (Å²) in [5, 5.41) is 12.9. The van der Waals surface area contributed by atoms with Crippen LogP contribution in [-0.2, 0) is 21.4 Å². The number of benzene rings is 2. The fourth-order valence-corrected chi connectivity index (χ4v) is 5.66. The molecule has 3 heterocycles. The number of ketones is 1. The summed E-state index contributed by atoms with van der Waals surface area (Å²) in [6.45, 7) is 6.44. The van der Waals surface area contributed by atoms with Crippen LogP contribution in [0, 0.1) is 0 Å². The molecule has 41 heavy (non-hydrogen) atoms. The van der Waals surface area contributed by atoms with Crippen LogP contribution in [0.25, 0.3) is 0 Å². The number of aromatic hydroxyl groups is 1. The molecule has 2 aliphatic heterocycles. The summed E-state index contributed by atoms with van der Waals surface area (Å²) >= 11 is 0. The number of amides is 3. The zero-order valence-corrected chi connectivity index (χ0v) is 23.4. The van der Waals surface area contributed by atoms with Gasteiger partial charge in [-0.3, -0.25) is 24.2 Å². The summed E-state index contributed by atoms with van der Waals surface area (Å²) in [6, 6.07) is 16.6. The van der Waals surface area contributed by atoms with E-state index in [9.17, 15) is 24.3 Å². The zero-order valence-electron chi connectivity index (χ0n) is 23.4. The third-order valence-electron chi connectivity index (χ3n) is 7.82. The fraction of sp³-hybridized carbons (Fsp3) is 0.344. The highest BCUT2D eigenvalue weighted by atomic mass is 16.3. The van der Waals surface area contributed by atoms with Gasteiger partial charge in [-0.2, -0.15) is 0 Å². The standard InChI is InChI=1S/C32H34N4O5/c1-32(2,3)22-12-10-21(11-13-22)29(39)34-25(18-20-7-6-8-23(37)17-20)31(41)35-16-14-26-28(35)27(38)19-36(26)30(40)24-9-4-5-15-33-24/h4-13,15,17,25-26,28,37H,14,16,18-19H2,1-3H3,(H,34,39). The second-order valence-electron chi connectivity index (χ2n) is 11.7. The summed E-state index contributed by atoms with van der Waals surface area (Å²) in [6.07, 6.45) is 2.10. The van der Waals surface area contributed by atoms with Crippen molar-refractivity contribution in [1.29, 1.82) is 0 Å². The van der Waals surface area contributed by atoms with Crippen LogP contribution < -0.4 is 5.32 Å². The van der Waals surface area contributed by atoms with Crippen LogP contribution in [0.4, 0.5) is 0 Å².